The molecule has 0 spiro atoms. The minimum Gasteiger partial charge on any atom is -0.462 e. The number of carbonyl (C=O) groups excluding carboxylic acids is 1. The average Bonchev–Trinajstić information content (AvgIpc) is 3.17. The third kappa shape index (κ3) is 3.25. The van der Waals surface area contributed by atoms with E-state index < -0.39 is 0 Å². The summed E-state index contributed by atoms with van der Waals surface area (Å²) in [6, 6.07) is 0. The fraction of sp³-hybridized carbons (Fsp3) is 0.966. The van der Waals surface area contributed by atoms with Crippen LogP contribution in [0.5, 0.6) is 0 Å². The molecule has 0 amide bonds. The van der Waals surface area contributed by atoms with Crippen LogP contribution in [0.25, 0.3) is 0 Å². The molecule has 1 saturated heterocycles. The van der Waals surface area contributed by atoms with Gasteiger partial charge in [0.15, 0.2) is 0 Å². The van der Waals surface area contributed by atoms with Crippen LogP contribution in [0.2, 0.25) is 0 Å². The molecule has 4 saturated carbocycles. The van der Waals surface area contributed by atoms with Gasteiger partial charge in [-0.2, -0.15) is 0 Å². The van der Waals surface area contributed by atoms with Crippen LogP contribution in [0.1, 0.15) is 99.3 Å². The zero-order chi connectivity index (χ0) is 23.9. The molecule has 4 nitrogen and oxygen atoms in total. The number of hydrogen-bond donors (Lipinski definition) is 2. The highest BCUT2D eigenvalue weighted by atomic mass is 16.6. The first-order chi connectivity index (χ1) is 15.4. The molecule has 0 radical (unpaired) electrons. The van der Waals surface area contributed by atoms with Crippen molar-refractivity contribution < 1.29 is 19.7 Å². The molecule has 0 aromatic carbocycles. The van der Waals surface area contributed by atoms with Crippen molar-refractivity contribution in [2.75, 3.05) is 0 Å². The Bertz CT molecular complexity index is 780. The second-order valence-electron chi connectivity index (χ2n) is 14.0. The van der Waals surface area contributed by atoms with Crippen LogP contribution in [-0.2, 0) is 9.53 Å². The predicted molar refractivity (Wildman–Crippen MR) is 129 cm³/mol. The van der Waals surface area contributed by atoms with Crippen LogP contribution in [-0.4, -0.2) is 34.5 Å². The molecular formula is C29H48O4. The van der Waals surface area contributed by atoms with Crippen LogP contribution >= 0.6 is 0 Å². The number of aliphatic hydroxyl groups excluding tert-OH is 2. The van der Waals surface area contributed by atoms with Gasteiger partial charge < -0.3 is 14.9 Å². The quantitative estimate of drug-likeness (QED) is 0.537. The highest BCUT2D eigenvalue weighted by Gasteiger charge is 2.73. The fourth-order valence-electron chi connectivity index (χ4n) is 10.6. The molecule has 1 heterocycles. The first-order valence-corrected chi connectivity index (χ1v) is 14.0. The van der Waals surface area contributed by atoms with Gasteiger partial charge in [0.2, 0.25) is 0 Å². The molecular weight excluding hydrogens is 412 g/mol. The van der Waals surface area contributed by atoms with Gasteiger partial charge in [0.05, 0.1) is 18.1 Å². The maximum absolute atomic E-state index is 12.9. The van der Waals surface area contributed by atoms with Crippen molar-refractivity contribution in [1.29, 1.82) is 0 Å². The molecule has 4 aliphatic carbocycles. The second kappa shape index (κ2) is 7.95. The van der Waals surface area contributed by atoms with Crippen LogP contribution in [0, 0.1) is 57.7 Å². The maximum atomic E-state index is 12.9. The first kappa shape index (κ1) is 24.1. The number of hydrogen-bond acceptors (Lipinski definition) is 4. The largest absolute Gasteiger partial charge is 0.462 e. The van der Waals surface area contributed by atoms with Crippen molar-refractivity contribution >= 4 is 5.97 Å². The van der Waals surface area contributed by atoms with E-state index in [-0.39, 0.29) is 58.3 Å². The van der Waals surface area contributed by atoms with Crippen LogP contribution in [0.4, 0.5) is 0 Å². The third-order valence-corrected chi connectivity index (χ3v) is 12.3. The third-order valence-electron chi connectivity index (χ3n) is 12.3. The van der Waals surface area contributed by atoms with Crippen molar-refractivity contribution in [3.63, 3.8) is 0 Å². The van der Waals surface area contributed by atoms with Crippen LogP contribution in [0.15, 0.2) is 0 Å². The standard InChI is InChI=1S/C29H48O4/c1-16(2)8-7-9-18-24-20-14-22(31)25-27(4)12-11-21(30)17(3)19(27)10-13-28(25,5)29(20,6)15-23(24)33-26(18)32/h16-25,30-31H,7-15H2,1-6H3. The van der Waals surface area contributed by atoms with E-state index in [0.717, 1.165) is 57.8 Å². The molecule has 5 rings (SSSR count). The van der Waals surface area contributed by atoms with Crippen LogP contribution < -0.4 is 0 Å². The molecule has 5 aliphatic rings. The molecule has 33 heavy (non-hydrogen) atoms. The number of carbonyl (C=O) groups is 1. The van der Waals surface area contributed by atoms with E-state index in [1.165, 1.54) is 0 Å². The van der Waals surface area contributed by atoms with Gasteiger partial charge in [-0.1, -0.05) is 54.4 Å². The van der Waals surface area contributed by atoms with Gasteiger partial charge in [-0.05, 0) is 90.8 Å². The van der Waals surface area contributed by atoms with Crippen LogP contribution in [0.3, 0.4) is 0 Å². The normalized spacial score (nSPS) is 55.5. The summed E-state index contributed by atoms with van der Waals surface area (Å²) < 4.78 is 6.08. The summed E-state index contributed by atoms with van der Waals surface area (Å²) in [7, 11) is 0. The van der Waals surface area contributed by atoms with E-state index in [9.17, 15) is 15.0 Å². The molecule has 12 unspecified atom stereocenters. The van der Waals surface area contributed by atoms with Gasteiger partial charge in [-0.3, -0.25) is 4.79 Å². The van der Waals surface area contributed by atoms with Gasteiger partial charge in [0.1, 0.15) is 6.10 Å². The van der Waals surface area contributed by atoms with E-state index in [2.05, 4.69) is 41.5 Å². The monoisotopic (exact) mass is 460 g/mol. The number of rotatable bonds is 4. The summed E-state index contributed by atoms with van der Waals surface area (Å²) in [5.41, 5.74) is 0.211. The minimum atomic E-state index is -0.325. The molecule has 0 aromatic rings. The first-order valence-electron chi connectivity index (χ1n) is 14.0. The van der Waals surface area contributed by atoms with Gasteiger partial charge in [-0.15, -0.1) is 0 Å². The predicted octanol–water partition coefficient (Wildman–Crippen LogP) is 5.59. The van der Waals surface area contributed by atoms with Gasteiger partial charge >= 0.3 is 5.97 Å². The van der Waals surface area contributed by atoms with E-state index in [1.807, 2.05) is 0 Å². The summed E-state index contributed by atoms with van der Waals surface area (Å²) in [6.45, 7) is 14.1. The van der Waals surface area contributed by atoms with Crippen molar-refractivity contribution in [3.05, 3.63) is 0 Å². The molecule has 12 atom stereocenters. The van der Waals surface area contributed by atoms with E-state index in [4.69, 9.17) is 4.74 Å². The number of ether oxygens (including phenoxy) is 1. The second-order valence-corrected chi connectivity index (χ2v) is 14.0. The summed E-state index contributed by atoms with van der Waals surface area (Å²) in [5.74, 6) is 2.40. The molecule has 4 heteroatoms. The van der Waals surface area contributed by atoms with Crippen molar-refractivity contribution in [2.45, 2.75) is 118 Å². The molecule has 188 valence electrons. The Morgan fingerprint density at radius 1 is 1.03 bits per heavy atom. The lowest BCUT2D eigenvalue weighted by atomic mass is 9.36. The highest BCUT2D eigenvalue weighted by molar-refractivity contribution is 5.75. The number of fused-ring (bicyclic) bond motifs is 7. The van der Waals surface area contributed by atoms with Crippen molar-refractivity contribution in [1.82, 2.24) is 0 Å². The number of aliphatic hydroxyl groups is 2. The lowest BCUT2D eigenvalue weighted by Crippen LogP contribution is -2.66. The average molecular weight is 461 g/mol. The van der Waals surface area contributed by atoms with E-state index in [1.54, 1.807) is 0 Å². The zero-order valence-corrected chi connectivity index (χ0v) is 21.8. The molecule has 0 bridgehead atoms. The zero-order valence-electron chi connectivity index (χ0n) is 21.8. The Hall–Kier alpha value is -0.610. The molecule has 2 N–H and O–H groups in total. The Labute approximate surface area is 201 Å². The topological polar surface area (TPSA) is 66.8 Å². The Morgan fingerprint density at radius 3 is 2.45 bits per heavy atom. The summed E-state index contributed by atoms with van der Waals surface area (Å²) in [4.78, 5) is 12.9. The van der Waals surface area contributed by atoms with E-state index in [0.29, 0.717) is 23.7 Å². The van der Waals surface area contributed by atoms with E-state index >= 15 is 0 Å². The lowest BCUT2D eigenvalue weighted by molar-refractivity contribution is -0.240. The number of esters is 1. The van der Waals surface area contributed by atoms with Gasteiger partial charge in [0.25, 0.3) is 0 Å². The Balaban J connectivity index is 1.46. The summed E-state index contributed by atoms with van der Waals surface area (Å²) in [5, 5.41) is 22.4. The fourth-order valence-corrected chi connectivity index (χ4v) is 10.6. The molecule has 1 aliphatic heterocycles. The highest BCUT2D eigenvalue weighted by Crippen LogP contribution is 2.75. The minimum absolute atomic E-state index is 0.0182. The smallest absolute Gasteiger partial charge is 0.309 e. The summed E-state index contributed by atoms with van der Waals surface area (Å²) >= 11 is 0. The Morgan fingerprint density at radius 2 is 1.76 bits per heavy atom. The molecule has 0 aromatic heterocycles. The SMILES string of the molecule is CC(C)CCCC1C(=O)OC2CC3(C)C(CC(O)C4C5(C)CCC(O)C(C)C5CCC43C)C21. The molecule has 5 fully saturated rings. The van der Waals surface area contributed by atoms with Gasteiger partial charge in [-0.25, -0.2) is 0 Å². The summed E-state index contributed by atoms with van der Waals surface area (Å²) in [6.07, 6.45) is 8.61. The maximum Gasteiger partial charge on any atom is 0.309 e. The Kier molecular flexibility index (Phi) is 5.81. The lowest BCUT2D eigenvalue weighted by Gasteiger charge is -2.69. The van der Waals surface area contributed by atoms with Crippen molar-refractivity contribution in [2.24, 2.45) is 57.7 Å². The van der Waals surface area contributed by atoms with Gasteiger partial charge in [0, 0.05) is 5.92 Å². The van der Waals surface area contributed by atoms with Crippen molar-refractivity contribution in [3.8, 4) is 0 Å².